The van der Waals surface area contributed by atoms with Crippen LogP contribution >= 0.6 is 11.6 Å². The largest absolute Gasteiger partial charge is 0.354 e. The highest BCUT2D eigenvalue weighted by Gasteiger charge is 2.36. The molecule has 2 aliphatic rings. The van der Waals surface area contributed by atoms with Crippen LogP contribution in [-0.2, 0) is 0 Å². The molecule has 1 heterocycles. The maximum Gasteiger partial charge on any atom is 0.197 e. The number of para-hydroxylation sites is 1. The highest BCUT2D eigenvalue weighted by atomic mass is 35.5. The van der Waals surface area contributed by atoms with Gasteiger partial charge in [0.2, 0.25) is 0 Å². The summed E-state index contributed by atoms with van der Waals surface area (Å²) in [5.41, 5.74) is 2.22. The molecule has 204 valence electrons. The van der Waals surface area contributed by atoms with E-state index < -0.39 is 17.3 Å². The number of ketones is 4. The van der Waals surface area contributed by atoms with Crippen LogP contribution in [0.25, 0.3) is 21.8 Å². The number of carbonyl (C=O) groups is 4. The van der Waals surface area contributed by atoms with Gasteiger partial charge in [-0.15, -0.1) is 0 Å². The highest BCUT2D eigenvalue weighted by molar-refractivity contribution is 6.35. The number of fused-ring (bicyclic) bond motifs is 7. The second-order valence-corrected chi connectivity index (χ2v) is 10.9. The van der Waals surface area contributed by atoms with E-state index >= 15 is 0 Å². The summed E-state index contributed by atoms with van der Waals surface area (Å²) in [5, 5.41) is 4.13. The lowest BCUT2D eigenvalue weighted by Gasteiger charge is -2.25. The summed E-state index contributed by atoms with van der Waals surface area (Å²) >= 11 is 6.12. The zero-order valence-electron chi connectivity index (χ0n) is 22.1. The van der Waals surface area contributed by atoms with E-state index in [4.69, 9.17) is 11.6 Å². The molecule has 1 aromatic heterocycles. The van der Waals surface area contributed by atoms with Crippen LogP contribution in [0.15, 0.2) is 95.8 Å². The van der Waals surface area contributed by atoms with Gasteiger partial charge >= 0.3 is 0 Å². The third-order valence-electron chi connectivity index (χ3n) is 8.15. The van der Waals surface area contributed by atoms with Crippen LogP contribution in [-0.4, -0.2) is 28.1 Å². The van der Waals surface area contributed by atoms with Crippen molar-refractivity contribution < 1.29 is 19.2 Å². The van der Waals surface area contributed by atoms with Crippen molar-refractivity contribution in [2.75, 3.05) is 5.32 Å². The lowest BCUT2D eigenvalue weighted by atomic mass is 9.81. The lowest BCUT2D eigenvalue weighted by molar-refractivity contribution is 0.0979. The van der Waals surface area contributed by atoms with Crippen molar-refractivity contribution in [2.24, 2.45) is 0 Å². The van der Waals surface area contributed by atoms with E-state index in [0.717, 1.165) is 0 Å². The fourth-order valence-electron chi connectivity index (χ4n) is 6.19. The van der Waals surface area contributed by atoms with Gasteiger partial charge in [-0.05, 0) is 42.5 Å². The molecular formula is C35H17ClN2O5. The summed E-state index contributed by atoms with van der Waals surface area (Å²) in [4.78, 5) is 72.2. The molecule has 5 aromatic carbocycles. The van der Waals surface area contributed by atoms with E-state index in [1.54, 1.807) is 72.8 Å². The number of halogens is 1. The first-order valence-corrected chi connectivity index (χ1v) is 13.8. The molecule has 2 N–H and O–H groups in total. The molecular weight excluding hydrogens is 564 g/mol. The lowest BCUT2D eigenvalue weighted by Crippen LogP contribution is -2.25. The van der Waals surface area contributed by atoms with Crippen LogP contribution in [0.1, 0.15) is 63.7 Å². The number of hydrogen-bond acceptors (Lipinski definition) is 6. The first-order valence-electron chi connectivity index (χ1n) is 13.4. The zero-order chi connectivity index (χ0) is 29.6. The quantitative estimate of drug-likeness (QED) is 0.222. The van der Waals surface area contributed by atoms with E-state index in [9.17, 15) is 24.0 Å². The third-order valence-corrected chi connectivity index (χ3v) is 8.39. The Kier molecular flexibility index (Phi) is 5.20. The van der Waals surface area contributed by atoms with Crippen LogP contribution in [0.4, 0.5) is 11.4 Å². The second kappa shape index (κ2) is 8.92. The zero-order valence-corrected chi connectivity index (χ0v) is 22.8. The van der Waals surface area contributed by atoms with Crippen molar-refractivity contribution in [1.82, 2.24) is 4.98 Å². The molecule has 0 spiro atoms. The molecule has 6 aromatic rings. The Hall–Kier alpha value is -5.66. The number of pyridine rings is 1. The summed E-state index contributed by atoms with van der Waals surface area (Å²) in [5.74, 6) is -1.57. The minimum atomic E-state index is -0.407. The number of hydrogen-bond donors (Lipinski definition) is 2. The monoisotopic (exact) mass is 580 g/mol. The van der Waals surface area contributed by atoms with E-state index in [0.29, 0.717) is 15.9 Å². The van der Waals surface area contributed by atoms with Gasteiger partial charge in [0.25, 0.3) is 0 Å². The Morgan fingerprint density at radius 3 is 1.95 bits per heavy atom. The molecule has 0 fully saturated rings. The first kappa shape index (κ1) is 25.1. The van der Waals surface area contributed by atoms with Gasteiger partial charge in [0.05, 0.1) is 33.6 Å². The molecule has 8 rings (SSSR count). The van der Waals surface area contributed by atoms with Crippen LogP contribution in [0, 0.1) is 0 Å². The molecule has 43 heavy (non-hydrogen) atoms. The number of nitrogens with one attached hydrogen (secondary N) is 2. The predicted molar refractivity (Wildman–Crippen MR) is 163 cm³/mol. The Morgan fingerprint density at radius 2 is 1.16 bits per heavy atom. The molecule has 8 heteroatoms. The SMILES string of the molecule is O=C1c2cc(Cl)ccc2C(=O)c2c(Nc3cc4c(=O)c5ccccc5[nH]c4c4c3C(=O)c3ccccc3C4=O)cccc21. The second-order valence-electron chi connectivity index (χ2n) is 10.5. The Balaban J connectivity index is 1.41. The van der Waals surface area contributed by atoms with Gasteiger partial charge in [0, 0.05) is 49.1 Å². The van der Waals surface area contributed by atoms with Gasteiger partial charge in [0.15, 0.2) is 28.6 Å². The van der Waals surface area contributed by atoms with Gasteiger partial charge in [-0.25, -0.2) is 0 Å². The summed E-state index contributed by atoms with van der Waals surface area (Å²) in [6.45, 7) is 0. The molecule has 0 saturated carbocycles. The van der Waals surface area contributed by atoms with Gasteiger partial charge < -0.3 is 10.3 Å². The number of aromatic nitrogens is 1. The smallest absolute Gasteiger partial charge is 0.197 e. The minimum Gasteiger partial charge on any atom is -0.354 e. The number of H-pyrrole nitrogens is 1. The van der Waals surface area contributed by atoms with Crippen molar-refractivity contribution in [1.29, 1.82) is 0 Å². The summed E-state index contributed by atoms with van der Waals surface area (Å²) < 4.78 is 0. The fraction of sp³-hybridized carbons (Fsp3) is 0. The fourth-order valence-corrected chi connectivity index (χ4v) is 6.36. The van der Waals surface area contributed by atoms with Gasteiger partial charge in [-0.2, -0.15) is 0 Å². The Labute approximate surface area is 247 Å². The molecule has 0 atom stereocenters. The highest BCUT2D eigenvalue weighted by Crippen LogP contribution is 2.40. The molecule has 7 nitrogen and oxygen atoms in total. The number of aromatic amines is 1. The van der Waals surface area contributed by atoms with E-state index in [1.807, 2.05) is 0 Å². The first-order chi connectivity index (χ1) is 20.8. The van der Waals surface area contributed by atoms with Crippen molar-refractivity contribution >= 4 is 67.9 Å². The molecule has 0 aliphatic heterocycles. The van der Waals surface area contributed by atoms with E-state index in [1.165, 1.54) is 18.2 Å². The van der Waals surface area contributed by atoms with E-state index in [-0.39, 0.29) is 78.0 Å². The number of benzene rings is 5. The van der Waals surface area contributed by atoms with Crippen molar-refractivity contribution in [2.45, 2.75) is 0 Å². The molecule has 0 amide bonds. The predicted octanol–water partition coefficient (Wildman–Crippen LogP) is 6.63. The molecule has 0 radical (unpaired) electrons. The van der Waals surface area contributed by atoms with Crippen molar-refractivity contribution in [3.8, 4) is 0 Å². The topological polar surface area (TPSA) is 113 Å². The maximum absolute atomic E-state index is 14.0. The maximum atomic E-state index is 14.0. The van der Waals surface area contributed by atoms with E-state index in [2.05, 4.69) is 10.3 Å². The summed E-state index contributed by atoms with van der Waals surface area (Å²) in [6.07, 6.45) is 0. The van der Waals surface area contributed by atoms with Gasteiger partial charge in [-0.3, -0.25) is 24.0 Å². The molecule has 0 bridgehead atoms. The van der Waals surface area contributed by atoms with Crippen LogP contribution in [0.2, 0.25) is 5.02 Å². The van der Waals surface area contributed by atoms with Gasteiger partial charge in [0.1, 0.15) is 0 Å². The minimum absolute atomic E-state index is 0.0683. The van der Waals surface area contributed by atoms with Crippen molar-refractivity contribution in [3.63, 3.8) is 0 Å². The molecule has 2 aliphatic carbocycles. The number of carbonyl (C=O) groups excluding carboxylic acids is 4. The van der Waals surface area contributed by atoms with Crippen LogP contribution in [0.5, 0.6) is 0 Å². The van der Waals surface area contributed by atoms with Crippen LogP contribution < -0.4 is 10.7 Å². The summed E-state index contributed by atoms with van der Waals surface area (Å²) in [6, 6.07) is 24.3. The Bertz CT molecular complexity index is 2390. The van der Waals surface area contributed by atoms with Crippen LogP contribution in [0.3, 0.4) is 0 Å². The number of rotatable bonds is 2. The third kappa shape index (κ3) is 3.46. The average Bonchev–Trinajstić information content (AvgIpc) is 3.02. The summed E-state index contributed by atoms with van der Waals surface area (Å²) in [7, 11) is 0. The standard InChI is InChI=1S/C35H17ClN2O5/c36-16-12-13-19-22(14-16)32(40)21-9-5-11-25(27(21)33(19)41)37-26-15-23-30(38-24-10-4-3-8-20(24)31(23)39)29-28(26)34(42)17-6-1-2-7-18(17)35(29)43/h1-15,37H,(H,38,39). The normalized spacial score (nSPS) is 13.5. The molecule has 0 saturated heterocycles. The molecule has 0 unspecified atom stereocenters. The Morgan fingerprint density at radius 1 is 0.512 bits per heavy atom. The van der Waals surface area contributed by atoms with Gasteiger partial charge in [-0.1, -0.05) is 60.1 Å². The average molecular weight is 581 g/mol. The van der Waals surface area contributed by atoms with Crippen molar-refractivity contribution in [3.05, 3.63) is 151 Å². The number of anilines is 2.